The number of nitrogens with zero attached hydrogens (tertiary/aromatic N) is 2. The highest BCUT2D eigenvalue weighted by Crippen LogP contribution is 2.33. The molecule has 4 rings (SSSR count). The van der Waals surface area contributed by atoms with Gasteiger partial charge in [-0.2, -0.15) is 13.2 Å². The van der Waals surface area contributed by atoms with Crippen LogP contribution in [0.3, 0.4) is 0 Å². The monoisotopic (exact) mass is 464 g/mol. The maximum Gasteiger partial charge on any atom is 0.414 e. The first-order valence-electron chi connectivity index (χ1n) is 9.81. The van der Waals surface area contributed by atoms with Gasteiger partial charge in [-0.05, 0) is 42.3 Å². The van der Waals surface area contributed by atoms with E-state index in [4.69, 9.17) is 0 Å². The Balaban J connectivity index is 1.54. The van der Waals surface area contributed by atoms with Crippen molar-refractivity contribution < 1.29 is 36.7 Å². The van der Waals surface area contributed by atoms with Crippen LogP contribution in [0.25, 0.3) is 0 Å². The molecule has 2 aromatic rings. The Morgan fingerprint density at radius 2 is 1.94 bits per heavy atom. The molecular weight excluding hydrogens is 448 g/mol. The first kappa shape index (κ1) is 22.4. The Labute approximate surface area is 184 Å². The largest absolute Gasteiger partial charge is 0.414 e. The smallest absolute Gasteiger partial charge is 0.335 e. The normalized spacial score (nSPS) is 19.2. The molecule has 33 heavy (non-hydrogen) atoms. The Morgan fingerprint density at radius 3 is 2.58 bits per heavy atom. The van der Waals surface area contributed by atoms with Crippen molar-refractivity contribution in [2.24, 2.45) is 0 Å². The molecule has 3 heterocycles. The van der Waals surface area contributed by atoms with Crippen LogP contribution in [0.1, 0.15) is 50.9 Å². The van der Waals surface area contributed by atoms with Gasteiger partial charge in [0.25, 0.3) is 11.8 Å². The maximum atomic E-state index is 13.5. The predicted molar refractivity (Wildman–Crippen MR) is 103 cm³/mol. The molecule has 2 unspecified atom stereocenters. The molecule has 172 valence electrons. The summed E-state index contributed by atoms with van der Waals surface area (Å²) in [6.45, 7) is -0.0379. The average Bonchev–Trinajstić information content (AvgIpc) is 3.07. The van der Waals surface area contributed by atoms with Crippen LogP contribution in [-0.4, -0.2) is 45.7 Å². The fourth-order valence-corrected chi connectivity index (χ4v) is 3.81. The summed E-state index contributed by atoms with van der Waals surface area (Å²) in [5.74, 6) is -3.41. The molecule has 1 aromatic carbocycles. The van der Waals surface area contributed by atoms with Crippen LogP contribution in [0.15, 0.2) is 36.5 Å². The number of amides is 4. The van der Waals surface area contributed by atoms with E-state index in [1.54, 1.807) is 0 Å². The Kier molecular flexibility index (Phi) is 5.60. The number of hydrogen-bond acceptors (Lipinski definition) is 5. The standard InChI is InChI=1S/C21H16F4N4O4/c22-12-2-4-14(26-8-12)17(21(23,24)25)28-18(31)10-1-3-13-11(7-10)9-29(20(13)33)15-5-6-16(30)27-19(15)32/h1-4,7-8,15,17H,5-6,9H2,(H,28,31)(H,27,30,32). The third kappa shape index (κ3) is 4.41. The Morgan fingerprint density at radius 1 is 1.18 bits per heavy atom. The van der Waals surface area contributed by atoms with E-state index in [9.17, 15) is 36.7 Å². The number of fused-ring (bicyclic) bond motifs is 1. The first-order chi connectivity index (χ1) is 15.5. The summed E-state index contributed by atoms with van der Waals surface area (Å²) in [6, 6.07) is 2.08. The van der Waals surface area contributed by atoms with Gasteiger partial charge in [-0.3, -0.25) is 29.5 Å². The number of nitrogens with one attached hydrogen (secondary N) is 2. The first-order valence-corrected chi connectivity index (χ1v) is 9.81. The van der Waals surface area contributed by atoms with Gasteiger partial charge in [0.05, 0.1) is 11.9 Å². The molecule has 2 atom stereocenters. The number of benzene rings is 1. The summed E-state index contributed by atoms with van der Waals surface area (Å²) >= 11 is 0. The van der Waals surface area contributed by atoms with E-state index in [-0.39, 0.29) is 30.5 Å². The topological polar surface area (TPSA) is 108 Å². The second-order valence-corrected chi connectivity index (χ2v) is 7.62. The minimum atomic E-state index is -4.89. The number of carbonyl (C=O) groups is 4. The summed E-state index contributed by atoms with van der Waals surface area (Å²) in [7, 11) is 0. The van der Waals surface area contributed by atoms with Crippen LogP contribution < -0.4 is 10.6 Å². The molecule has 1 aromatic heterocycles. The van der Waals surface area contributed by atoms with E-state index in [2.05, 4.69) is 10.3 Å². The lowest BCUT2D eigenvalue weighted by atomic mass is 10.0. The minimum Gasteiger partial charge on any atom is -0.335 e. The van der Waals surface area contributed by atoms with Crippen molar-refractivity contribution in [1.82, 2.24) is 20.5 Å². The summed E-state index contributed by atoms with van der Waals surface area (Å²) in [4.78, 5) is 53.4. The quantitative estimate of drug-likeness (QED) is 0.532. The fraction of sp³-hybridized carbons (Fsp3) is 0.286. The summed E-state index contributed by atoms with van der Waals surface area (Å²) < 4.78 is 53.6. The Hall–Kier alpha value is -3.83. The Bertz CT molecular complexity index is 1150. The molecule has 12 heteroatoms. The summed E-state index contributed by atoms with van der Waals surface area (Å²) in [5, 5.41) is 4.01. The van der Waals surface area contributed by atoms with E-state index in [1.807, 2.05) is 5.32 Å². The second kappa shape index (κ2) is 8.26. The number of hydrogen-bond donors (Lipinski definition) is 2. The van der Waals surface area contributed by atoms with Gasteiger partial charge in [-0.15, -0.1) is 0 Å². The zero-order valence-corrected chi connectivity index (χ0v) is 16.8. The number of rotatable bonds is 4. The number of halogens is 4. The number of aromatic nitrogens is 1. The molecule has 0 spiro atoms. The number of alkyl halides is 3. The minimum absolute atomic E-state index is 0.0379. The SMILES string of the molecule is O=C1CCC(N2Cc3cc(C(=O)NC(c4ccc(F)cn4)C(F)(F)F)ccc3C2=O)C(=O)N1. The lowest BCUT2D eigenvalue weighted by Crippen LogP contribution is -2.52. The van der Waals surface area contributed by atoms with Crippen molar-refractivity contribution in [3.63, 3.8) is 0 Å². The van der Waals surface area contributed by atoms with Crippen molar-refractivity contribution in [3.8, 4) is 0 Å². The second-order valence-electron chi connectivity index (χ2n) is 7.62. The van der Waals surface area contributed by atoms with Crippen molar-refractivity contribution in [1.29, 1.82) is 0 Å². The van der Waals surface area contributed by atoms with Crippen molar-refractivity contribution >= 4 is 23.6 Å². The maximum absolute atomic E-state index is 13.5. The highest BCUT2D eigenvalue weighted by atomic mass is 19.4. The molecule has 2 aliphatic heterocycles. The van der Waals surface area contributed by atoms with Crippen LogP contribution >= 0.6 is 0 Å². The average molecular weight is 464 g/mol. The van der Waals surface area contributed by atoms with E-state index in [0.29, 0.717) is 11.8 Å². The molecule has 4 amide bonds. The molecule has 1 fully saturated rings. The highest BCUT2D eigenvalue weighted by Gasteiger charge is 2.43. The van der Waals surface area contributed by atoms with Gasteiger partial charge < -0.3 is 10.2 Å². The summed E-state index contributed by atoms with van der Waals surface area (Å²) in [5.41, 5.74) is -0.148. The fourth-order valence-electron chi connectivity index (χ4n) is 3.81. The number of pyridine rings is 1. The van der Waals surface area contributed by atoms with Crippen LogP contribution in [0, 0.1) is 5.82 Å². The molecular formula is C21H16F4N4O4. The van der Waals surface area contributed by atoms with Crippen molar-refractivity contribution in [3.05, 3.63) is 64.7 Å². The van der Waals surface area contributed by atoms with Crippen LogP contribution in [0.5, 0.6) is 0 Å². The van der Waals surface area contributed by atoms with E-state index in [0.717, 1.165) is 12.1 Å². The van der Waals surface area contributed by atoms with Gasteiger partial charge in [0.15, 0.2) is 6.04 Å². The molecule has 1 saturated heterocycles. The molecule has 0 bridgehead atoms. The van der Waals surface area contributed by atoms with Crippen molar-refractivity contribution in [2.45, 2.75) is 37.6 Å². The summed E-state index contributed by atoms with van der Waals surface area (Å²) in [6.07, 6.45) is -4.06. The van der Waals surface area contributed by atoms with E-state index < -0.39 is 53.4 Å². The molecule has 0 aliphatic carbocycles. The van der Waals surface area contributed by atoms with Gasteiger partial charge in [0, 0.05) is 24.1 Å². The van der Waals surface area contributed by atoms with Crippen LogP contribution in [0.4, 0.5) is 17.6 Å². The highest BCUT2D eigenvalue weighted by molar-refractivity contribution is 6.06. The molecule has 0 radical (unpaired) electrons. The number of carbonyl (C=O) groups excluding carboxylic acids is 4. The third-order valence-electron chi connectivity index (χ3n) is 5.43. The molecule has 2 N–H and O–H groups in total. The number of imide groups is 1. The molecule has 0 saturated carbocycles. The lowest BCUT2D eigenvalue weighted by molar-refractivity contribution is -0.156. The van der Waals surface area contributed by atoms with Gasteiger partial charge >= 0.3 is 6.18 Å². The molecule has 8 nitrogen and oxygen atoms in total. The number of piperidine rings is 1. The van der Waals surface area contributed by atoms with Gasteiger partial charge in [-0.25, -0.2) is 4.39 Å². The zero-order chi connectivity index (χ0) is 23.9. The van der Waals surface area contributed by atoms with Crippen LogP contribution in [0.2, 0.25) is 0 Å². The third-order valence-corrected chi connectivity index (χ3v) is 5.43. The van der Waals surface area contributed by atoms with E-state index in [1.165, 1.54) is 23.1 Å². The van der Waals surface area contributed by atoms with Gasteiger partial charge in [-0.1, -0.05) is 0 Å². The lowest BCUT2D eigenvalue weighted by Gasteiger charge is -2.29. The predicted octanol–water partition coefficient (Wildman–Crippen LogP) is 2.02. The zero-order valence-electron chi connectivity index (χ0n) is 16.8. The van der Waals surface area contributed by atoms with Crippen molar-refractivity contribution in [2.75, 3.05) is 0 Å². The van der Waals surface area contributed by atoms with Gasteiger partial charge in [0.1, 0.15) is 11.9 Å². The van der Waals surface area contributed by atoms with Gasteiger partial charge in [0.2, 0.25) is 11.8 Å². The molecule has 2 aliphatic rings. The van der Waals surface area contributed by atoms with Crippen LogP contribution in [-0.2, 0) is 16.1 Å². The van der Waals surface area contributed by atoms with E-state index >= 15 is 0 Å².